The molecule has 19 heteroatoms. The Bertz CT molecular complexity index is 2610. The zero-order valence-corrected chi connectivity index (χ0v) is 39.3. The molecule has 6 rings (SSSR count). The van der Waals surface area contributed by atoms with Crippen molar-refractivity contribution in [2.24, 2.45) is 5.41 Å². The molecular weight excluding hydrogens is 908 g/mol. The number of thiocarbonyl (C=S) groups is 1. The average molecular weight is 958 g/mol. The first kappa shape index (κ1) is 50.0. The Kier molecular flexibility index (Phi) is 15.4. The van der Waals surface area contributed by atoms with Gasteiger partial charge < -0.3 is 35.0 Å². The molecule has 2 aliphatic rings. The van der Waals surface area contributed by atoms with Gasteiger partial charge in [0, 0.05) is 25.2 Å². The lowest BCUT2D eigenvalue weighted by atomic mass is 9.85. The molecule has 3 heterocycles. The molecular formula is C48H50F3N7O7S2. The number of nitrogens with zero attached hydrogens (tertiary/aromatic N) is 5. The number of nitrogens with one attached hydrogen (secondary N) is 2. The molecule has 2 aliphatic heterocycles. The van der Waals surface area contributed by atoms with Crippen molar-refractivity contribution in [1.29, 1.82) is 5.26 Å². The summed E-state index contributed by atoms with van der Waals surface area (Å²) in [6.45, 7) is 10.7. The van der Waals surface area contributed by atoms with Gasteiger partial charge in [0.1, 0.15) is 36.6 Å². The number of carbonyl (C=O) groups excluding carboxylic acids is 4. The maximum atomic E-state index is 14.0. The number of nitriles is 1. The number of β-amino-alcohol motifs (C(OH)–C–C–N with tert-alkyl or cyclic N) is 1. The number of halogens is 3. The minimum atomic E-state index is -4.82. The van der Waals surface area contributed by atoms with Crippen LogP contribution < -0.4 is 25.2 Å². The van der Waals surface area contributed by atoms with E-state index in [1.54, 1.807) is 75.7 Å². The Morgan fingerprint density at radius 1 is 1.03 bits per heavy atom. The first-order valence-electron chi connectivity index (χ1n) is 21.2. The number of rotatable bonds is 14. The van der Waals surface area contributed by atoms with E-state index in [4.69, 9.17) is 21.7 Å². The molecule has 14 nitrogen and oxygen atoms in total. The van der Waals surface area contributed by atoms with E-state index in [1.165, 1.54) is 21.9 Å². The number of likely N-dealkylation sites (tertiary alicyclic amines) is 1. The number of alkyl halides is 3. The van der Waals surface area contributed by atoms with Crippen LogP contribution in [-0.4, -0.2) is 93.8 Å². The fourth-order valence-corrected chi connectivity index (χ4v) is 9.01. The quantitative estimate of drug-likeness (QED) is 0.0712. The molecule has 0 saturated carbocycles. The van der Waals surface area contributed by atoms with Gasteiger partial charge in [-0.2, -0.15) is 18.4 Å². The molecule has 1 unspecified atom stereocenters. The maximum absolute atomic E-state index is 14.0. The van der Waals surface area contributed by atoms with Gasteiger partial charge in [-0.25, -0.2) is 4.98 Å². The van der Waals surface area contributed by atoms with Crippen molar-refractivity contribution < 1.29 is 46.9 Å². The number of anilines is 2. The molecule has 352 valence electrons. The number of aryl methyl sites for hydroxylation is 1. The fraction of sp³-hybridized carbons (Fsp3) is 0.396. The van der Waals surface area contributed by atoms with Crippen molar-refractivity contribution in [1.82, 2.24) is 20.5 Å². The van der Waals surface area contributed by atoms with Gasteiger partial charge in [0.05, 0.1) is 58.1 Å². The summed E-state index contributed by atoms with van der Waals surface area (Å²) in [6.07, 6.45) is -5.72. The van der Waals surface area contributed by atoms with E-state index in [2.05, 4.69) is 27.5 Å². The lowest BCUT2D eigenvalue weighted by molar-refractivity contribution is -0.144. The third-order valence-corrected chi connectivity index (χ3v) is 12.6. The summed E-state index contributed by atoms with van der Waals surface area (Å²) in [5, 5.41) is 25.4. The predicted molar refractivity (Wildman–Crippen MR) is 250 cm³/mol. The SMILES string of the molecule is Cc1ncsc1-c1ccc(CNC(=O)[C@@H]2C[C@@H](O)CN2C(=O)C(NC(=O)CCOCC#CCOc2ccc(N3C(=S)N(c4ccc(C#N)c(C(F)(F)F)c4)C(=O)C3(C)C)cc2)C(C)(C)C)cc1. The molecule has 3 N–H and O–H groups in total. The molecule has 3 aromatic carbocycles. The van der Waals surface area contributed by atoms with Gasteiger partial charge in [-0.3, -0.25) is 24.1 Å². The first-order valence-corrected chi connectivity index (χ1v) is 22.5. The third-order valence-electron chi connectivity index (χ3n) is 11.2. The van der Waals surface area contributed by atoms with Crippen molar-refractivity contribution in [3.63, 3.8) is 0 Å². The van der Waals surface area contributed by atoms with E-state index in [1.807, 2.05) is 31.2 Å². The van der Waals surface area contributed by atoms with Crippen molar-refractivity contribution in [3.05, 3.63) is 94.6 Å². The highest BCUT2D eigenvalue weighted by molar-refractivity contribution is 7.81. The maximum Gasteiger partial charge on any atom is 0.417 e. The van der Waals surface area contributed by atoms with Gasteiger partial charge in [-0.1, -0.05) is 56.9 Å². The van der Waals surface area contributed by atoms with E-state index in [0.717, 1.165) is 38.7 Å². The molecule has 1 aromatic heterocycles. The van der Waals surface area contributed by atoms with Crippen LogP contribution in [0.1, 0.15) is 69.8 Å². The average Bonchev–Trinajstić information content (AvgIpc) is 3.94. The molecule has 0 radical (unpaired) electrons. The van der Waals surface area contributed by atoms with Crippen LogP contribution in [0.4, 0.5) is 24.5 Å². The van der Waals surface area contributed by atoms with Gasteiger partial charge >= 0.3 is 6.18 Å². The Balaban J connectivity index is 0.948. The van der Waals surface area contributed by atoms with E-state index in [0.29, 0.717) is 11.4 Å². The zero-order valence-electron chi connectivity index (χ0n) is 37.7. The molecule has 2 fully saturated rings. The van der Waals surface area contributed by atoms with Crippen molar-refractivity contribution in [3.8, 4) is 34.1 Å². The summed E-state index contributed by atoms with van der Waals surface area (Å²) in [6, 6.07) is 17.0. The van der Waals surface area contributed by atoms with E-state index < -0.39 is 70.1 Å². The molecule has 0 bridgehead atoms. The van der Waals surface area contributed by atoms with Gasteiger partial charge in [-0.05, 0) is 92.0 Å². The summed E-state index contributed by atoms with van der Waals surface area (Å²) in [5.74, 6) is 4.20. The van der Waals surface area contributed by atoms with Crippen LogP contribution in [0.2, 0.25) is 0 Å². The van der Waals surface area contributed by atoms with Crippen LogP contribution in [0.15, 0.2) is 72.2 Å². The molecule has 2 saturated heterocycles. The van der Waals surface area contributed by atoms with Crippen LogP contribution >= 0.6 is 23.6 Å². The van der Waals surface area contributed by atoms with E-state index in [-0.39, 0.29) is 56.6 Å². The summed E-state index contributed by atoms with van der Waals surface area (Å²) >= 11 is 7.15. The smallest absolute Gasteiger partial charge is 0.417 e. The second-order valence-electron chi connectivity index (χ2n) is 17.5. The number of amides is 4. The zero-order chi connectivity index (χ0) is 48.8. The van der Waals surface area contributed by atoms with Crippen molar-refractivity contribution in [2.75, 3.05) is 36.2 Å². The number of aliphatic hydroxyl groups is 1. The first-order chi connectivity index (χ1) is 31.6. The largest absolute Gasteiger partial charge is 0.481 e. The van der Waals surface area contributed by atoms with Gasteiger partial charge in [0.2, 0.25) is 17.7 Å². The number of benzene rings is 3. The Morgan fingerprint density at radius 3 is 2.33 bits per heavy atom. The van der Waals surface area contributed by atoms with Crippen molar-refractivity contribution in [2.45, 2.75) is 90.8 Å². The molecule has 4 aromatic rings. The topological polar surface area (TPSA) is 177 Å². The van der Waals surface area contributed by atoms with E-state index >= 15 is 0 Å². The van der Waals surface area contributed by atoms with Crippen LogP contribution in [-0.2, 0) is 36.6 Å². The van der Waals surface area contributed by atoms with Gasteiger partial charge in [0.15, 0.2) is 5.11 Å². The van der Waals surface area contributed by atoms with Crippen LogP contribution in [0.5, 0.6) is 5.75 Å². The number of thiazole rings is 1. The highest BCUT2D eigenvalue weighted by Crippen LogP contribution is 2.40. The number of aliphatic hydroxyl groups excluding tert-OH is 1. The van der Waals surface area contributed by atoms with Crippen molar-refractivity contribution >= 4 is 63.7 Å². The molecule has 0 spiro atoms. The molecule has 3 atom stereocenters. The highest BCUT2D eigenvalue weighted by Gasteiger charge is 2.51. The molecule has 0 aliphatic carbocycles. The van der Waals surface area contributed by atoms with Crippen LogP contribution in [0, 0.1) is 35.5 Å². The number of carbonyl (C=O) groups is 4. The lowest BCUT2D eigenvalue weighted by Gasteiger charge is -2.35. The Morgan fingerprint density at radius 2 is 1.70 bits per heavy atom. The fourth-order valence-electron chi connectivity index (χ4n) is 7.67. The molecule has 4 amide bonds. The van der Waals surface area contributed by atoms with Gasteiger partial charge in [-0.15, -0.1) is 11.3 Å². The molecule has 67 heavy (non-hydrogen) atoms. The second kappa shape index (κ2) is 20.6. The monoisotopic (exact) mass is 957 g/mol. The van der Waals surface area contributed by atoms with Crippen LogP contribution in [0.25, 0.3) is 10.4 Å². The number of hydrogen-bond acceptors (Lipinski definition) is 11. The highest BCUT2D eigenvalue weighted by atomic mass is 32.1. The number of hydrogen-bond donors (Lipinski definition) is 3. The third kappa shape index (κ3) is 11.6. The number of aromatic nitrogens is 1. The summed E-state index contributed by atoms with van der Waals surface area (Å²) in [5.41, 5.74) is 1.27. The Hall–Kier alpha value is -6.38. The number of ether oxygens (including phenoxy) is 2. The standard InChI is InChI=1S/C48H50F3N7O7S2/c1-29-40(67-28-54-29)31-11-9-30(10-12-31)26-53-42(61)38-24-35(59)27-56(38)43(62)41(46(2,3)4)55-39(60)19-22-64-20-7-8-21-65-36-17-15-33(16-18-36)58-45(66)57(44(63)47(58,5)6)34-14-13-32(25-52)37(23-34)48(49,50)51/h9-18,23,28,35,38,41,59H,19-22,24,26-27H2,1-6H3,(H,53,61)(H,55,60)/t35-,38+,41?/m1/s1. The summed E-state index contributed by atoms with van der Waals surface area (Å²) < 4.78 is 52.4. The summed E-state index contributed by atoms with van der Waals surface area (Å²) in [7, 11) is 0. The Labute approximate surface area is 396 Å². The van der Waals surface area contributed by atoms with Crippen LogP contribution in [0.3, 0.4) is 0 Å². The summed E-state index contributed by atoms with van der Waals surface area (Å²) in [4.78, 5) is 63.2. The van der Waals surface area contributed by atoms with Gasteiger partial charge in [0.25, 0.3) is 5.91 Å². The lowest BCUT2D eigenvalue weighted by Crippen LogP contribution is -2.57. The second-order valence-corrected chi connectivity index (χ2v) is 18.8. The van der Waals surface area contributed by atoms with E-state index in [9.17, 15) is 42.7 Å². The predicted octanol–water partition coefficient (Wildman–Crippen LogP) is 6.52. The minimum Gasteiger partial charge on any atom is -0.481 e. The minimum absolute atomic E-state index is 0.00862. The normalized spacial score (nSPS) is 17.4.